The maximum absolute atomic E-state index is 2.47. The highest BCUT2D eigenvalue weighted by molar-refractivity contribution is 6.20. The summed E-state index contributed by atoms with van der Waals surface area (Å²) < 4.78 is 0. The summed E-state index contributed by atoms with van der Waals surface area (Å²) in [5.74, 6) is 0. The molecule has 10 rings (SSSR count). The molecule has 0 heteroatoms. The molecule has 0 heterocycles. The van der Waals surface area contributed by atoms with Crippen molar-refractivity contribution in [3.05, 3.63) is 181 Å². The van der Waals surface area contributed by atoms with Crippen LogP contribution in [-0.2, 0) is 5.41 Å². The van der Waals surface area contributed by atoms with Gasteiger partial charge in [-0.25, -0.2) is 0 Å². The Balaban J connectivity index is 1.15. The van der Waals surface area contributed by atoms with Crippen LogP contribution in [0, 0.1) is 0 Å². The van der Waals surface area contributed by atoms with Crippen molar-refractivity contribution in [1.29, 1.82) is 0 Å². The highest BCUT2D eigenvalue weighted by Crippen LogP contribution is 2.53. The number of benzene rings is 9. The molecule has 0 bridgehead atoms. The van der Waals surface area contributed by atoms with E-state index in [2.05, 4.69) is 184 Å². The Hall–Kier alpha value is -5.98. The summed E-state index contributed by atoms with van der Waals surface area (Å²) in [6, 6.07) is 63.2. The summed E-state index contributed by atoms with van der Waals surface area (Å²) in [5.41, 5.74) is 13.0. The molecule has 0 aliphatic heterocycles. The lowest BCUT2D eigenvalue weighted by atomic mass is 9.80. The lowest BCUT2D eigenvalue weighted by Crippen LogP contribution is -2.15. The zero-order valence-electron chi connectivity index (χ0n) is 27.7. The van der Waals surface area contributed by atoms with E-state index in [0.29, 0.717) is 0 Å². The fourth-order valence-corrected chi connectivity index (χ4v) is 8.64. The molecule has 49 heavy (non-hydrogen) atoms. The van der Waals surface area contributed by atoms with E-state index >= 15 is 0 Å². The van der Waals surface area contributed by atoms with Gasteiger partial charge in [0.2, 0.25) is 0 Å². The van der Waals surface area contributed by atoms with E-state index in [0.717, 1.165) is 0 Å². The first-order chi connectivity index (χ1) is 24.1. The van der Waals surface area contributed by atoms with Gasteiger partial charge in [-0.1, -0.05) is 159 Å². The van der Waals surface area contributed by atoms with Crippen LogP contribution < -0.4 is 0 Å². The second-order valence-corrected chi connectivity index (χ2v) is 14.1. The van der Waals surface area contributed by atoms with Crippen molar-refractivity contribution in [1.82, 2.24) is 0 Å². The van der Waals surface area contributed by atoms with Crippen LogP contribution in [0.5, 0.6) is 0 Å². The zero-order chi connectivity index (χ0) is 32.7. The average molecular weight is 623 g/mol. The quantitative estimate of drug-likeness (QED) is 0.136. The van der Waals surface area contributed by atoms with E-state index in [-0.39, 0.29) is 5.41 Å². The molecule has 0 fully saturated rings. The summed E-state index contributed by atoms with van der Waals surface area (Å²) in [6.45, 7) is 4.75. The molecule has 0 saturated carbocycles. The van der Waals surface area contributed by atoms with Gasteiger partial charge in [-0.15, -0.1) is 0 Å². The standard InChI is InChI=1S/C49H34/c1-49(2)45-24-10-9-23-42(45)48-40-22-8-7-21-39(40)43(30-46(48)49)34-17-11-15-32(27-34)33-16-12-18-36(28-33)47-38-20-6-4-14-35(38)29-44-37-19-5-3-13-31(37)25-26-41(44)47/h3-30H,1-2H3. The third-order valence-electron chi connectivity index (χ3n) is 11.0. The Morgan fingerprint density at radius 1 is 0.306 bits per heavy atom. The van der Waals surface area contributed by atoms with E-state index < -0.39 is 0 Å². The van der Waals surface area contributed by atoms with Gasteiger partial charge in [0, 0.05) is 5.41 Å². The normalized spacial score (nSPS) is 13.3. The predicted octanol–water partition coefficient (Wildman–Crippen LogP) is 13.6. The second-order valence-electron chi connectivity index (χ2n) is 14.1. The third-order valence-corrected chi connectivity index (χ3v) is 11.0. The van der Waals surface area contributed by atoms with Crippen LogP contribution in [0.4, 0.5) is 0 Å². The van der Waals surface area contributed by atoms with Crippen molar-refractivity contribution >= 4 is 43.1 Å². The number of hydrogen-bond acceptors (Lipinski definition) is 0. The van der Waals surface area contributed by atoms with E-state index in [1.165, 1.54) is 98.7 Å². The van der Waals surface area contributed by atoms with Crippen molar-refractivity contribution in [3.8, 4) is 44.5 Å². The number of hydrogen-bond donors (Lipinski definition) is 0. The molecule has 0 atom stereocenters. The first-order valence-electron chi connectivity index (χ1n) is 17.3. The Bertz CT molecular complexity index is 2800. The smallest absolute Gasteiger partial charge is 0.0159 e. The minimum Gasteiger partial charge on any atom is -0.0619 e. The van der Waals surface area contributed by atoms with Crippen molar-refractivity contribution < 1.29 is 0 Å². The first kappa shape index (κ1) is 28.1. The van der Waals surface area contributed by atoms with Gasteiger partial charge in [-0.2, -0.15) is 0 Å². The maximum atomic E-state index is 2.47. The third kappa shape index (κ3) is 4.17. The predicted molar refractivity (Wildman–Crippen MR) is 210 cm³/mol. The molecule has 0 N–H and O–H groups in total. The molecule has 0 saturated heterocycles. The second kappa shape index (κ2) is 10.5. The van der Waals surface area contributed by atoms with Crippen LogP contribution in [0.2, 0.25) is 0 Å². The van der Waals surface area contributed by atoms with Crippen LogP contribution in [0.15, 0.2) is 170 Å². The van der Waals surface area contributed by atoms with Gasteiger partial charge in [0.15, 0.2) is 0 Å². The first-order valence-corrected chi connectivity index (χ1v) is 17.3. The summed E-state index contributed by atoms with van der Waals surface area (Å²) in [5, 5.41) is 10.3. The van der Waals surface area contributed by atoms with Gasteiger partial charge in [0.25, 0.3) is 0 Å². The highest BCUT2D eigenvalue weighted by atomic mass is 14.4. The molecule has 0 radical (unpaired) electrons. The molecule has 9 aromatic carbocycles. The van der Waals surface area contributed by atoms with Crippen LogP contribution in [0.25, 0.3) is 87.6 Å². The Kier molecular flexibility index (Phi) is 6.02. The molecule has 0 amide bonds. The van der Waals surface area contributed by atoms with Gasteiger partial charge < -0.3 is 0 Å². The molecule has 0 aromatic heterocycles. The molecular weight excluding hydrogens is 589 g/mol. The fourth-order valence-electron chi connectivity index (χ4n) is 8.64. The Morgan fingerprint density at radius 3 is 1.71 bits per heavy atom. The minimum absolute atomic E-state index is 0.0663. The molecule has 9 aromatic rings. The topological polar surface area (TPSA) is 0 Å². The van der Waals surface area contributed by atoms with Crippen molar-refractivity contribution in [2.75, 3.05) is 0 Å². The van der Waals surface area contributed by atoms with Gasteiger partial charge in [0.05, 0.1) is 0 Å². The fraction of sp³-hybridized carbons (Fsp3) is 0.0612. The summed E-state index contributed by atoms with van der Waals surface area (Å²) in [7, 11) is 0. The van der Waals surface area contributed by atoms with Crippen LogP contribution in [-0.4, -0.2) is 0 Å². The largest absolute Gasteiger partial charge is 0.0619 e. The monoisotopic (exact) mass is 622 g/mol. The Morgan fingerprint density at radius 2 is 0.898 bits per heavy atom. The maximum Gasteiger partial charge on any atom is 0.0159 e. The minimum atomic E-state index is -0.0663. The van der Waals surface area contributed by atoms with Crippen molar-refractivity contribution in [2.24, 2.45) is 0 Å². The van der Waals surface area contributed by atoms with Crippen molar-refractivity contribution in [2.45, 2.75) is 19.3 Å². The van der Waals surface area contributed by atoms with Crippen LogP contribution >= 0.6 is 0 Å². The lowest BCUT2D eigenvalue weighted by Gasteiger charge is -2.23. The Labute approximate surface area is 286 Å². The number of rotatable bonds is 3. The van der Waals surface area contributed by atoms with E-state index in [1.807, 2.05) is 0 Å². The van der Waals surface area contributed by atoms with Gasteiger partial charge in [-0.3, -0.25) is 0 Å². The van der Waals surface area contributed by atoms with Gasteiger partial charge in [-0.05, 0) is 123 Å². The summed E-state index contributed by atoms with van der Waals surface area (Å²) in [6.07, 6.45) is 0. The lowest BCUT2D eigenvalue weighted by molar-refractivity contribution is 0.661. The molecule has 1 aliphatic rings. The molecular formula is C49H34. The summed E-state index contributed by atoms with van der Waals surface area (Å²) in [4.78, 5) is 0. The van der Waals surface area contributed by atoms with E-state index in [1.54, 1.807) is 0 Å². The van der Waals surface area contributed by atoms with Crippen LogP contribution in [0.3, 0.4) is 0 Å². The molecule has 0 nitrogen and oxygen atoms in total. The molecule has 0 unspecified atom stereocenters. The van der Waals surface area contributed by atoms with Crippen LogP contribution in [0.1, 0.15) is 25.0 Å². The molecule has 0 spiro atoms. The SMILES string of the molecule is CC1(C)c2ccccc2-c2c1cc(-c1cccc(-c3cccc(-c4c5ccccc5cc5c4ccc4ccccc45)c3)c1)c1ccccc21. The highest BCUT2D eigenvalue weighted by Gasteiger charge is 2.36. The zero-order valence-corrected chi connectivity index (χ0v) is 27.7. The van der Waals surface area contributed by atoms with Gasteiger partial charge in [0.1, 0.15) is 0 Å². The van der Waals surface area contributed by atoms with E-state index in [9.17, 15) is 0 Å². The van der Waals surface area contributed by atoms with Crippen molar-refractivity contribution in [3.63, 3.8) is 0 Å². The average Bonchev–Trinajstić information content (AvgIpc) is 3.39. The van der Waals surface area contributed by atoms with Gasteiger partial charge >= 0.3 is 0 Å². The molecule has 230 valence electrons. The molecule has 1 aliphatic carbocycles. The summed E-state index contributed by atoms with van der Waals surface area (Å²) >= 11 is 0. The van der Waals surface area contributed by atoms with E-state index in [4.69, 9.17) is 0 Å². The number of fused-ring (bicyclic) bond motifs is 9.